The summed E-state index contributed by atoms with van der Waals surface area (Å²) in [5.41, 5.74) is -0.0443. The highest BCUT2D eigenvalue weighted by atomic mass is 35.5. The van der Waals surface area contributed by atoms with E-state index < -0.39 is 5.97 Å². The molecule has 2 aromatic rings. The third kappa shape index (κ3) is 2.58. The van der Waals surface area contributed by atoms with E-state index in [2.05, 4.69) is 4.98 Å². The van der Waals surface area contributed by atoms with Gasteiger partial charge in [-0.3, -0.25) is 0 Å². The number of carboxylic acid groups (broad SMARTS) is 1. The Kier molecular flexibility index (Phi) is 3.49. The van der Waals surface area contributed by atoms with Crippen LogP contribution < -0.4 is 0 Å². The lowest BCUT2D eigenvalue weighted by atomic mass is 9.98. The summed E-state index contributed by atoms with van der Waals surface area (Å²) in [6.07, 6.45) is 0. The van der Waals surface area contributed by atoms with Crippen molar-refractivity contribution in [3.05, 3.63) is 27.2 Å². The fourth-order valence-corrected chi connectivity index (χ4v) is 3.66. The fourth-order valence-electron chi connectivity index (χ4n) is 1.39. The molecular weight excluding hydrogens is 290 g/mol. The minimum Gasteiger partial charge on any atom is -0.476 e. The summed E-state index contributed by atoms with van der Waals surface area (Å²) in [5.74, 6) is -0.999. The molecule has 2 rings (SSSR count). The maximum atomic E-state index is 11.3. The van der Waals surface area contributed by atoms with Crippen molar-refractivity contribution in [2.75, 3.05) is 0 Å². The largest absolute Gasteiger partial charge is 0.476 e. The average Bonchev–Trinajstić information content (AvgIpc) is 2.81. The van der Waals surface area contributed by atoms with Gasteiger partial charge in [-0.25, -0.2) is 9.78 Å². The van der Waals surface area contributed by atoms with Crippen LogP contribution in [0.3, 0.4) is 0 Å². The highest BCUT2D eigenvalue weighted by Crippen LogP contribution is 2.40. The molecule has 3 nitrogen and oxygen atoms in total. The smallest absolute Gasteiger partial charge is 0.356 e. The molecule has 2 heterocycles. The molecule has 2 aromatic heterocycles. The fraction of sp³-hybridized carbons (Fsp3) is 0.333. The quantitative estimate of drug-likeness (QED) is 0.887. The Morgan fingerprint density at radius 1 is 1.33 bits per heavy atom. The zero-order chi connectivity index (χ0) is 13.5. The Bertz CT molecular complexity index is 595. The topological polar surface area (TPSA) is 50.2 Å². The summed E-state index contributed by atoms with van der Waals surface area (Å²) in [5, 5.41) is 10.0. The summed E-state index contributed by atoms with van der Waals surface area (Å²) in [7, 11) is 0. The van der Waals surface area contributed by atoms with Crippen LogP contribution in [0.5, 0.6) is 0 Å². The third-order valence-corrected chi connectivity index (χ3v) is 5.16. The number of carbonyl (C=O) groups is 1. The maximum Gasteiger partial charge on any atom is 0.356 e. The highest BCUT2D eigenvalue weighted by molar-refractivity contribution is 7.24. The molecule has 0 aliphatic carbocycles. The molecular formula is C12H12ClNO2S2. The van der Waals surface area contributed by atoms with E-state index in [-0.39, 0.29) is 11.1 Å². The molecule has 0 atom stereocenters. The van der Waals surface area contributed by atoms with Crippen molar-refractivity contribution < 1.29 is 9.90 Å². The van der Waals surface area contributed by atoms with Crippen LogP contribution >= 0.6 is 34.3 Å². The first-order valence-corrected chi connectivity index (χ1v) is 7.30. The van der Waals surface area contributed by atoms with Crippen LogP contribution in [-0.4, -0.2) is 16.1 Å². The standard InChI is InChI=1S/C12H12ClNO2S2/c1-12(2,3)11-14-8(10(15)16)9(18-11)6-4-5-7(13)17-6/h4-5H,1-3H3,(H,15,16). The molecule has 0 bridgehead atoms. The van der Waals surface area contributed by atoms with Crippen molar-refractivity contribution in [2.45, 2.75) is 26.2 Å². The average molecular weight is 302 g/mol. The van der Waals surface area contributed by atoms with Crippen LogP contribution in [0.2, 0.25) is 4.34 Å². The molecule has 0 fully saturated rings. The molecule has 1 N–H and O–H groups in total. The molecule has 0 aromatic carbocycles. The zero-order valence-electron chi connectivity index (χ0n) is 10.2. The predicted octanol–water partition coefficient (Wildman–Crippen LogP) is 4.52. The van der Waals surface area contributed by atoms with Gasteiger partial charge < -0.3 is 5.11 Å². The summed E-state index contributed by atoms with van der Waals surface area (Å²) >= 11 is 8.68. The molecule has 0 saturated carbocycles. The second-order valence-electron chi connectivity index (χ2n) is 4.86. The van der Waals surface area contributed by atoms with Gasteiger partial charge in [0.1, 0.15) is 0 Å². The second kappa shape index (κ2) is 4.64. The number of rotatable bonds is 2. The minimum absolute atomic E-state index is 0.114. The maximum absolute atomic E-state index is 11.3. The zero-order valence-corrected chi connectivity index (χ0v) is 12.5. The molecule has 96 valence electrons. The number of hydrogen-bond acceptors (Lipinski definition) is 4. The number of halogens is 1. The van der Waals surface area contributed by atoms with Crippen molar-refractivity contribution in [2.24, 2.45) is 0 Å². The molecule has 18 heavy (non-hydrogen) atoms. The van der Waals surface area contributed by atoms with E-state index in [0.717, 1.165) is 9.88 Å². The first kappa shape index (κ1) is 13.5. The predicted molar refractivity (Wildman–Crippen MR) is 76.1 cm³/mol. The van der Waals surface area contributed by atoms with E-state index in [1.165, 1.54) is 22.7 Å². The van der Waals surface area contributed by atoms with E-state index in [1.807, 2.05) is 26.8 Å². The molecule has 0 unspecified atom stereocenters. The molecule has 0 aliphatic rings. The summed E-state index contributed by atoms with van der Waals surface area (Å²) in [4.78, 5) is 17.0. The highest BCUT2D eigenvalue weighted by Gasteiger charge is 2.25. The van der Waals surface area contributed by atoms with Gasteiger partial charge in [0.2, 0.25) is 0 Å². The van der Waals surface area contributed by atoms with Gasteiger partial charge in [0.15, 0.2) is 5.69 Å². The number of carboxylic acids is 1. The summed E-state index contributed by atoms with van der Waals surface area (Å²) in [6.45, 7) is 6.05. The van der Waals surface area contributed by atoms with Gasteiger partial charge in [0, 0.05) is 10.3 Å². The van der Waals surface area contributed by atoms with E-state index >= 15 is 0 Å². The monoisotopic (exact) mass is 301 g/mol. The number of nitrogens with zero attached hydrogens (tertiary/aromatic N) is 1. The van der Waals surface area contributed by atoms with Crippen molar-refractivity contribution in [3.63, 3.8) is 0 Å². The van der Waals surface area contributed by atoms with Gasteiger partial charge in [0.25, 0.3) is 0 Å². The van der Waals surface area contributed by atoms with Gasteiger partial charge in [0.05, 0.1) is 14.2 Å². The molecule has 0 radical (unpaired) electrons. The normalized spacial score (nSPS) is 11.8. The Morgan fingerprint density at radius 2 is 2.00 bits per heavy atom. The van der Waals surface area contributed by atoms with Crippen LogP contribution in [0.25, 0.3) is 9.75 Å². The first-order chi connectivity index (χ1) is 8.29. The first-order valence-electron chi connectivity index (χ1n) is 5.29. The molecule has 0 saturated heterocycles. The number of aromatic carboxylic acids is 1. The van der Waals surface area contributed by atoms with E-state index in [0.29, 0.717) is 9.21 Å². The van der Waals surface area contributed by atoms with Gasteiger partial charge in [-0.05, 0) is 12.1 Å². The Hall–Kier alpha value is -0.910. The van der Waals surface area contributed by atoms with Gasteiger partial charge in [-0.1, -0.05) is 32.4 Å². The number of thiazole rings is 1. The lowest BCUT2D eigenvalue weighted by molar-refractivity contribution is 0.0692. The minimum atomic E-state index is -0.999. The Balaban J connectivity index is 2.59. The van der Waals surface area contributed by atoms with Crippen LogP contribution in [0.4, 0.5) is 0 Å². The summed E-state index contributed by atoms with van der Waals surface area (Å²) < 4.78 is 0.645. The van der Waals surface area contributed by atoms with Crippen molar-refractivity contribution in [3.8, 4) is 9.75 Å². The molecule has 0 aliphatic heterocycles. The Labute approximate surface area is 118 Å². The lowest BCUT2D eigenvalue weighted by Crippen LogP contribution is -2.11. The van der Waals surface area contributed by atoms with Crippen molar-refractivity contribution >= 4 is 40.2 Å². The third-order valence-electron chi connectivity index (χ3n) is 2.27. The SMILES string of the molecule is CC(C)(C)c1nc(C(=O)O)c(-c2ccc(Cl)s2)s1. The number of thiophene rings is 1. The van der Waals surface area contributed by atoms with Crippen molar-refractivity contribution in [1.29, 1.82) is 0 Å². The molecule has 6 heteroatoms. The second-order valence-corrected chi connectivity index (χ2v) is 7.57. The Morgan fingerprint density at radius 3 is 2.44 bits per heavy atom. The van der Waals surface area contributed by atoms with E-state index in [1.54, 1.807) is 6.07 Å². The lowest BCUT2D eigenvalue weighted by Gasteiger charge is -2.13. The van der Waals surface area contributed by atoms with Crippen LogP contribution in [-0.2, 0) is 5.41 Å². The van der Waals surface area contributed by atoms with Gasteiger partial charge in [-0.2, -0.15) is 0 Å². The van der Waals surface area contributed by atoms with Crippen molar-refractivity contribution in [1.82, 2.24) is 4.98 Å². The summed E-state index contributed by atoms with van der Waals surface area (Å²) in [6, 6.07) is 3.60. The number of aromatic nitrogens is 1. The van der Waals surface area contributed by atoms with Crippen LogP contribution in [0.15, 0.2) is 12.1 Å². The molecule has 0 spiro atoms. The number of hydrogen-bond donors (Lipinski definition) is 1. The van der Waals surface area contributed by atoms with E-state index in [9.17, 15) is 9.90 Å². The van der Waals surface area contributed by atoms with Gasteiger partial charge >= 0.3 is 5.97 Å². The van der Waals surface area contributed by atoms with E-state index in [4.69, 9.17) is 11.6 Å². The molecule has 0 amide bonds. The van der Waals surface area contributed by atoms with Gasteiger partial charge in [-0.15, -0.1) is 22.7 Å². The van der Waals surface area contributed by atoms with Crippen LogP contribution in [0, 0.1) is 0 Å². The van der Waals surface area contributed by atoms with Crippen LogP contribution in [0.1, 0.15) is 36.3 Å².